The number of carbonyl (C=O) groups is 3. The van der Waals surface area contributed by atoms with Crippen molar-refractivity contribution < 1.29 is 24.2 Å². The van der Waals surface area contributed by atoms with Crippen molar-refractivity contribution in [3.63, 3.8) is 0 Å². The quantitative estimate of drug-likeness (QED) is 0.418. The molecule has 3 aromatic rings. The summed E-state index contributed by atoms with van der Waals surface area (Å²) in [4.78, 5) is 44.6. The Morgan fingerprint density at radius 1 is 0.974 bits per heavy atom. The van der Waals surface area contributed by atoms with Gasteiger partial charge in [-0.15, -0.1) is 0 Å². The number of hydrogen-bond donors (Lipinski definition) is 1. The molecule has 2 atom stereocenters. The van der Waals surface area contributed by atoms with Crippen LogP contribution in [0.4, 0.5) is 10.5 Å². The van der Waals surface area contributed by atoms with Gasteiger partial charge in [0.25, 0.3) is 0 Å². The maximum absolute atomic E-state index is 13.3. The summed E-state index contributed by atoms with van der Waals surface area (Å²) >= 11 is -1.45. The van der Waals surface area contributed by atoms with Gasteiger partial charge in [-0.2, -0.15) is 0 Å². The molecule has 2 unspecified atom stereocenters. The molecule has 1 saturated heterocycles. The van der Waals surface area contributed by atoms with Crippen molar-refractivity contribution >= 4 is 42.5 Å². The van der Waals surface area contributed by atoms with Crippen molar-refractivity contribution in [1.82, 2.24) is 19.6 Å². The molecule has 0 aliphatic carbocycles. The summed E-state index contributed by atoms with van der Waals surface area (Å²) in [5.74, 6) is -0.261. The van der Waals surface area contributed by atoms with Crippen LogP contribution >= 0.6 is 0 Å². The number of rotatable bonds is 7. The molecule has 1 N–H and O–H groups in total. The van der Waals surface area contributed by atoms with E-state index in [1.165, 1.54) is 7.11 Å². The first-order chi connectivity index (χ1) is 18.4. The molecule has 1 aromatic heterocycles. The van der Waals surface area contributed by atoms with Crippen LogP contribution in [0.1, 0.15) is 33.3 Å². The number of carboxylic acid groups (broad SMARTS) is 1. The Morgan fingerprint density at radius 3 is 2.29 bits per heavy atom. The molecule has 10 nitrogen and oxygen atoms in total. The molecular weight excluding hydrogens is 549 g/mol. The monoisotopic (exact) mass is 579 g/mol. The predicted molar refractivity (Wildman–Crippen MR) is 143 cm³/mol. The van der Waals surface area contributed by atoms with Gasteiger partial charge >= 0.3 is 228 Å². The number of anilines is 1. The average molecular weight is 579 g/mol. The number of aromatic nitrogens is 2. The zero-order valence-corrected chi connectivity index (χ0v) is 23.4. The molecule has 0 bridgehead atoms. The Hall–Kier alpha value is -3.46. The van der Waals surface area contributed by atoms with Crippen LogP contribution in [0.5, 0.6) is 0 Å². The number of nitrogens with zero attached hydrogens (tertiary/aromatic N) is 5. The molecule has 2 aromatic carbocycles. The van der Waals surface area contributed by atoms with Crippen LogP contribution in [-0.2, 0) is 22.6 Å². The fraction of sp³-hybridized carbons (Fsp3) is 0.333. The van der Waals surface area contributed by atoms with Gasteiger partial charge in [-0.1, -0.05) is 0 Å². The van der Waals surface area contributed by atoms with Crippen LogP contribution in [0.3, 0.4) is 0 Å². The van der Waals surface area contributed by atoms with Gasteiger partial charge in [0.2, 0.25) is 0 Å². The zero-order chi connectivity index (χ0) is 26.8. The van der Waals surface area contributed by atoms with Crippen molar-refractivity contribution in [2.45, 2.75) is 19.2 Å². The van der Waals surface area contributed by atoms with Crippen LogP contribution in [-0.4, -0.2) is 97.3 Å². The van der Waals surface area contributed by atoms with Crippen LogP contribution in [0.2, 0.25) is 0 Å². The molecule has 0 spiro atoms. The number of piperazine rings is 1. The third-order valence-corrected chi connectivity index (χ3v) is 9.49. The van der Waals surface area contributed by atoms with Crippen LogP contribution in [0.25, 0.3) is 0 Å². The van der Waals surface area contributed by atoms with Gasteiger partial charge in [-0.3, -0.25) is 0 Å². The van der Waals surface area contributed by atoms with Crippen molar-refractivity contribution in [1.29, 1.82) is 0 Å². The molecule has 0 radical (unpaired) electrons. The van der Waals surface area contributed by atoms with Crippen molar-refractivity contribution in [3.05, 3.63) is 77.0 Å². The van der Waals surface area contributed by atoms with Crippen molar-refractivity contribution in [3.8, 4) is 0 Å². The first kappa shape index (κ1) is 26.2. The molecule has 198 valence electrons. The van der Waals surface area contributed by atoms with Crippen LogP contribution < -0.4 is 9.38 Å². The molecule has 5 rings (SSSR count). The summed E-state index contributed by atoms with van der Waals surface area (Å²) in [6.45, 7) is 4.18. The van der Waals surface area contributed by atoms with Gasteiger partial charge in [0.1, 0.15) is 0 Å². The zero-order valence-electron chi connectivity index (χ0n) is 21.3. The Morgan fingerprint density at radius 2 is 1.66 bits per heavy atom. The van der Waals surface area contributed by atoms with Gasteiger partial charge < -0.3 is 0 Å². The van der Waals surface area contributed by atoms with E-state index < -0.39 is 27.9 Å². The molecule has 2 aliphatic rings. The van der Waals surface area contributed by atoms with E-state index in [0.717, 1.165) is 42.1 Å². The molecule has 3 heterocycles. The minimum absolute atomic E-state index is 0.0309. The fourth-order valence-electron chi connectivity index (χ4n) is 4.90. The van der Waals surface area contributed by atoms with E-state index in [2.05, 4.69) is 21.9 Å². The third-order valence-electron chi connectivity index (χ3n) is 7.06. The number of benzene rings is 2. The minimum atomic E-state index is -1.45. The van der Waals surface area contributed by atoms with Crippen LogP contribution in [0, 0.1) is 0 Å². The Labute approximate surface area is 227 Å². The molecule has 38 heavy (non-hydrogen) atoms. The second kappa shape index (κ2) is 11.1. The van der Waals surface area contributed by atoms with E-state index in [1.807, 2.05) is 54.6 Å². The summed E-state index contributed by atoms with van der Waals surface area (Å²) in [6, 6.07) is 16.8. The summed E-state index contributed by atoms with van der Waals surface area (Å²) in [5, 5.41) is 14.0. The summed E-state index contributed by atoms with van der Waals surface area (Å²) in [6.07, 6.45) is -2.03. The number of fused-ring (bicyclic) bond motifs is 1. The van der Waals surface area contributed by atoms with E-state index in [9.17, 15) is 19.5 Å². The van der Waals surface area contributed by atoms with E-state index in [1.54, 1.807) is 4.90 Å². The number of amides is 1. The first-order valence-corrected chi connectivity index (χ1v) is 14.5. The van der Waals surface area contributed by atoms with Gasteiger partial charge in [0.05, 0.1) is 0 Å². The molecule has 1 fully saturated rings. The first-order valence-electron chi connectivity index (χ1n) is 12.4. The number of carbonyl (C=O) groups excluding carboxylic acids is 2. The van der Waals surface area contributed by atoms with Gasteiger partial charge in [-0.25, -0.2) is 0 Å². The van der Waals surface area contributed by atoms with E-state index in [0.29, 0.717) is 21.3 Å². The number of ether oxygens (including phenoxy) is 1. The second-order valence-electron chi connectivity index (χ2n) is 9.48. The van der Waals surface area contributed by atoms with E-state index in [-0.39, 0.29) is 23.6 Å². The number of hydrogen-bond acceptors (Lipinski definition) is 7. The van der Waals surface area contributed by atoms with Crippen molar-refractivity contribution in [2.24, 2.45) is 0 Å². The molecular formula is C27H30AsN5O5. The Kier molecular flexibility index (Phi) is 7.65. The van der Waals surface area contributed by atoms with Gasteiger partial charge in [-0.05, 0) is 0 Å². The summed E-state index contributed by atoms with van der Waals surface area (Å²) in [5.41, 5.74) is 3.50. The SMILES string of the molecule is COC(C(=O)N1Cc2c([AsH]C(=O)c3ccc(N4CCN(C)CC4)cc3)nn(C(=O)O)c2C1)c1ccccc1. The third kappa shape index (κ3) is 5.25. The second-order valence-corrected chi connectivity index (χ2v) is 12.0. The normalized spacial score (nSPS) is 16.7. The molecule has 0 saturated carbocycles. The Balaban J connectivity index is 1.32. The summed E-state index contributed by atoms with van der Waals surface area (Å²) < 4.78 is 6.87. The van der Waals surface area contributed by atoms with E-state index >= 15 is 0 Å². The number of methoxy groups -OCH3 is 1. The average Bonchev–Trinajstić information content (AvgIpc) is 3.51. The Bertz CT molecular complexity index is 1340. The van der Waals surface area contributed by atoms with Crippen molar-refractivity contribution in [2.75, 3.05) is 45.2 Å². The standard InChI is InChI=1S/C27H30AsN5O5/c1-30-12-14-31(15-13-30)20-10-8-19(9-11-20)25(34)28-24-21-16-32(17-22(21)33(29-24)27(36)37)26(35)23(38-2)18-6-4-3-5-7-18/h3-11,23,28H,12-17H2,1-2H3,(H,36,37). The molecule has 2 aliphatic heterocycles. The number of likely N-dealkylation sites (N-methyl/N-ethyl adjacent to an activating group) is 1. The topological polar surface area (TPSA) is 108 Å². The maximum atomic E-state index is 13.3. The fourth-order valence-corrected chi connectivity index (χ4v) is 7.10. The van der Waals surface area contributed by atoms with E-state index in [4.69, 9.17) is 4.74 Å². The van der Waals surface area contributed by atoms with Gasteiger partial charge in [0, 0.05) is 0 Å². The van der Waals surface area contributed by atoms with Crippen LogP contribution in [0.15, 0.2) is 54.6 Å². The summed E-state index contributed by atoms with van der Waals surface area (Å²) in [7, 11) is 3.59. The molecule has 11 heteroatoms. The van der Waals surface area contributed by atoms with Gasteiger partial charge in [0.15, 0.2) is 0 Å². The molecule has 1 amide bonds. The predicted octanol–water partition coefficient (Wildman–Crippen LogP) is 1.29.